The molecule has 1 aliphatic rings. The number of aromatic nitrogens is 3. The first-order valence-electron chi connectivity index (χ1n) is 12.4. The van der Waals surface area contributed by atoms with Gasteiger partial charge in [0.05, 0.1) is 19.3 Å². The summed E-state index contributed by atoms with van der Waals surface area (Å²) < 4.78 is 34.9. The predicted molar refractivity (Wildman–Crippen MR) is 139 cm³/mol. The maximum absolute atomic E-state index is 15.9. The fourth-order valence-corrected chi connectivity index (χ4v) is 4.21. The minimum absolute atomic E-state index is 0.0748. The number of carbonyl (C=O) groups is 1. The SMILES string of the molecule is CC(C)c1cc(N(C)C2COC(C)(C)O2)cc(CN(C(=O)OC(C)(C)C)c2ccnc3ccnn23)c1F. The van der Waals surface area contributed by atoms with E-state index in [0.717, 1.165) is 5.69 Å². The number of fused-ring (bicyclic) bond motifs is 1. The molecule has 3 aromatic rings. The second-order valence-corrected chi connectivity index (χ2v) is 11.0. The maximum atomic E-state index is 15.9. The summed E-state index contributed by atoms with van der Waals surface area (Å²) in [7, 11) is 1.89. The molecule has 1 aromatic carbocycles. The van der Waals surface area contributed by atoms with E-state index in [9.17, 15) is 4.79 Å². The van der Waals surface area contributed by atoms with Gasteiger partial charge in [-0.2, -0.15) is 9.61 Å². The topological polar surface area (TPSA) is 81.4 Å². The van der Waals surface area contributed by atoms with Crippen LogP contribution < -0.4 is 9.80 Å². The maximum Gasteiger partial charge on any atom is 0.416 e. The van der Waals surface area contributed by atoms with Gasteiger partial charge >= 0.3 is 6.09 Å². The smallest absolute Gasteiger partial charge is 0.416 e. The van der Waals surface area contributed by atoms with Crippen molar-refractivity contribution < 1.29 is 23.4 Å². The molecule has 1 fully saturated rings. The Morgan fingerprint density at radius 1 is 1.27 bits per heavy atom. The third-order valence-electron chi connectivity index (χ3n) is 6.10. The number of nitrogens with zero attached hydrogens (tertiary/aromatic N) is 5. The zero-order valence-corrected chi connectivity index (χ0v) is 22.8. The zero-order valence-electron chi connectivity index (χ0n) is 22.8. The molecule has 37 heavy (non-hydrogen) atoms. The van der Waals surface area contributed by atoms with E-state index in [1.807, 2.05) is 45.7 Å². The second kappa shape index (κ2) is 9.90. The van der Waals surface area contributed by atoms with Gasteiger partial charge in [-0.25, -0.2) is 14.2 Å². The van der Waals surface area contributed by atoms with Crippen LogP contribution >= 0.6 is 0 Å². The lowest BCUT2D eigenvalue weighted by molar-refractivity contribution is -0.137. The fourth-order valence-electron chi connectivity index (χ4n) is 4.21. The molecule has 9 nitrogen and oxygen atoms in total. The third-order valence-corrected chi connectivity index (χ3v) is 6.10. The number of anilines is 2. The van der Waals surface area contributed by atoms with Crippen LogP contribution in [0.5, 0.6) is 0 Å². The second-order valence-electron chi connectivity index (χ2n) is 11.0. The van der Waals surface area contributed by atoms with E-state index in [2.05, 4.69) is 10.1 Å². The molecule has 0 spiro atoms. The van der Waals surface area contributed by atoms with Crippen molar-refractivity contribution in [2.24, 2.45) is 0 Å². The normalized spacial score (nSPS) is 17.4. The van der Waals surface area contributed by atoms with Gasteiger partial charge in [-0.1, -0.05) is 13.8 Å². The van der Waals surface area contributed by atoms with Crippen molar-refractivity contribution in [3.63, 3.8) is 0 Å². The molecule has 0 bridgehead atoms. The first kappa shape index (κ1) is 26.8. The van der Waals surface area contributed by atoms with E-state index < -0.39 is 17.5 Å². The Balaban J connectivity index is 1.78. The first-order valence-corrected chi connectivity index (χ1v) is 12.4. The Morgan fingerprint density at radius 2 is 2.00 bits per heavy atom. The monoisotopic (exact) mass is 513 g/mol. The van der Waals surface area contributed by atoms with Crippen molar-refractivity contribution in [3.05, 3.63) is 53.6 Å². The number of likely N-dealkylation sites (N-methyl/N-ethyl adjacent to an activating group) is 1. The van der Waals surface area contributed by atoms with Gasteiger partial charge in [0.1, 0.15) is 17.2 Å². The minimum atomic E-state index is -0.748. The van der Waals surface area contributed by atoms with Gasteiger partial charge in [0, 0.05) is 30.6 Å². The van der Waals surface area contributed by atoms with Crippen molar-refractivity contribution in [2.75, 3.05) is 23.5 Å². The summed E-state index contributed by atoms with van der Waals surface area (Å²) in [6.45, 7) is 13.3. The molecular weight excluding hydrogens is 477 g/mol. The molecule has 4 rings (SSSR count). The zero-order chi connectivity index (χ0) is 27.1. The molecule has 1 saturated heterocycles. The Bertz CT molecular complexity index is 1280. The molecule has 0 saturated carbocycles. The molecule has 0 aliphatic carbocycles. The van der Waals surface area contributed by atoms with Crippen molar-refractivity contribution in [1.29, 1.82) is 0 Å². The molecule has 1 amide bonds. The largest absolute Gasteiger partial charge is 0.443 e. The molecular formula is C27H36FN5O4. The molecule has 3 heterocycles. The number of halogens is 1. The van der Waals surface area contributed by atoms with Gasteiger partial charge in [0.25, 0.3) is 0 Å². The van der Waals surface area contributed by atoms with Crippen LogP contribution in [0.15, 0.2) is 36.7 Å². The van der Waals surface area contributed by atoms with Gasteiger partial charge in [-0.15, -0.1) is 0 Å². The van der Waals surface area contributed by atoms with E-state index in [4.69, 9.17) is 14.2 Å². The van der Waals surface area contributed by atoms with E-state index in [-0.39, 0.29) is 24.5 Å². The number of hydrogen-bond acceptors (Lipinski definition) is 7. The lowest BCUT2D eigenvalue weighted by Gasteiger charge is -2.30. The lowest BCUT2D eigenvalue weighted by Crippen LogP contribution is -2.38. The van der Waals surface area contributed by atoms with Gasteiger partial charge in [-0.05, 0) is 64.3 Å². The summed E-state index contributed by atoms with van der Waals surface area (Å²) in [6, 6.07) is 6.96. The number of rotatable bonds is 6. The Kier molecular flexibility index (Phi) is 7.18. The summed E-state index contributed by atoms with van der Waals surface area (Å²) in [5.74, 6) is -0.733. The highest BCUT2D eigenvalue weighted by molar-refractivity contribution is 5.87. The van der Waals surface area contributed by atoms with Crippen molar-refractivity contribution in [2.45, 2.75) is 78.5 Å². The fraction of sp³-hybridized carbons (Fsp3) is 0.519. The highest BCUT2D eigenvalue weighted by Gasteiger charge is 2.36. The number of benzene rings is 1. The molecule has 200 valence electrons. The van der Waals surface area contributed by atoms with Crippen LogP contribution in [0, 0.1) is 5.82 Å². The highest BCUT2D eigenvalue weighted by Crippen LogP contribution is 2.33. The van der Waals surface area contributed by atoms with Gasteiger partial charge in [0.2, 0.25) is 0 Å². The average molecular weight is 514 g/mol. The highest BCUT2D eigenvalue weighted by atomic mass is 19.1. The van der Waals surface area contributed by atoms with Gasteiger partial charge < -0.3 is 19.1 Å². The molecule has 0 N–H and O–H groups in total. The van der Waals surface area contributed by atoms with Crippen LogP contribution in [-0.2, 0) is 20.8 Å². The van der Waals surface area contributed by atoms with Crippen LogP contribution in [0.4, 0.5) is 20.7 Å². The van der Waals surface area contributed by atoms with Gasteiger partial charge in [0.15, 0.2) is 17.7 Å². The van der Waals surface area contributed by atoms with E-state index in [1.165, 1.54) is 9.42 Å². The number of carbonyl (C=O) groups excluding carboxylic acids is 1. The Labute approximate surface area is 217 Å². The Morgan fingerprint density at radius 3 is 2.62 bits per heavy atom. The summed E-state index contributed by atoms with van der Waals surface area (Å²) >= 11 is 0. The third kappa shape index (κ3) is 5.86. The quantitative estimate of drug-likeness (QED) is 0.432. The van der Waals surface area contributed by atoms with Crippen LogP contribution in [0.1, 0.15) is 65.5 Å². The van der Waals surface area contributed by atoms with Crippen LogP contribution in [0.3, 0.4) is 0 Å². The standard InChI is InChI=1S/C27H36FN5O4/c1-17(2)20-14-19(31(8)23-16-35-27(6,7)36-23)13-18(24(20)28)15-32(25(34)37-26(3,4)5)22-10-11-29-21-9-12-30-33(21)22/h9-14,17,23H,15-16H2,1-8H3. The van der Waals surface area contributed by atoms with Gasteiger partial charge in [-0.3, -0.25) is 4.90 Å². The summed E-state index contributed by atoms with van der Waals surface area (Å²) in [5.41, 5.74) is 1.45. The van der Waals surface area contributed by atoms with Crippen molar-refractivity contribution in [1.82, 2.24) is 14.6 Å². The van der Waals surface area contributed by atoms with Crippen LogP contribution in [-0.4, -0.2) is 52.0 Å². The number of amides is 1. The minimum Gasteiger partial charge on any atom is -0.443 e. The summed E-state index contributed by atoms with van der Waals surface area (Å²) in [5, 5.41) is 4.31. The average Bonchev–Trinajstić information content (AvgIpc) is 3.42. The lowest BCUT2D eigenvalue weighted by atomic mass is 9.98. The van der Waals surface area contributed by atoms with Crippen molar-refractivity contribution >= 4 is 23.2 Å². The first-order chi connectivity index (χ1) is 17.3. The number of ether oxygens (including phenoxy) is 3. The van der Waals surface area contributed by atoms with Crippen LogP contribution in [0.25, 0.3) is 5.65 Å². The van der Waals surface area contributed by atoms with E-state index in [0.29, 0.717) is 29.2 Å². The van der Waals surface area contributed by atoms with E-state index in [1.54, 1.807) is 51.4 Å². The summed E-state index contributed by atoms with van der Waals surface area (Å²) in [4.78, 5) is 21.0. The Hall–Kier alpha value is -3.24. The predicted octanol–water partition coefficient (Wildman–Crippen LogP) is 5.48. The number of hydrogen-bond donors (Lipinski definition) is 0. The van der Waals surface area contributed by atoms with Crippen molar-refractivity contribution in [3.8, 4) is 0 Å². The van der Waals surface area contributed by atoms with E-state index >= 15 is 4.39 Å². The molecule has 1 unspecified atom stereocenters. The molecule has 0 radical (unpaired) electrons. The molecule has 2 aromatic heterocycles. The molecule has 1 atom stereocenters. The summed E-state index contributed by atoms with van der Waals surface area (Å²) in [6.07, 6.45) is 2.23. The van der Waals surface area contributed by atoms with Crippen LogP contribution in [0.2, 0.25) is 0 Å². The molecule has 1 aliphatic heterocycles. The molecule has 10 heteroatoms.